The molecule has 0 unspecified atom stereocenters. The number of carbonyl (C=O) groups is 2. The molecule has 34 heavy (non-hydrogen) atoms. The first kappa shape index (κ1) is 24.6. The Kier molecular flexibility index (Phi) is 7.22. The molecule has 0 aromatic heterocycles. The van der Waals surface area contributed by atoms with Gasteiger partial charge in [0.1, 0.15) is 5.75 Å². The molecule has 2 saturated carbocycles. The third kappa shape index (κ3) is 4.30. The lowest BCUT2D eigenvalue weighted by atomic mass is 9.55. The van der Waals surface area contributed by atoms with Crippen molar-refractivity contribution in [3.63, 3.8) is 0 Å². The van der Waals surface area contributed by atoms with Crippen molar-refractivity contribution in [3.05, 3.63) is 41.1 Å². The largest absolute Gasteiger partial charge is 0.497 e. The maximum Gasteiger partial charge on any atom is 0.347 e. The average Bonchev–Trinajstić information content (AvgIpc) is 3.09. The normalized spacial score (nSPS) is 31.4. The second-order valence-corrected chi connectivity index (χ2v) is 9.98. The van der Waals surface area contributed by atoms with Gasteiger partial charge in [0.05, 0.1) is 32.5 Å². The molecule has 0 spiro atoms. The van der Waals surface area contributed by atoms with Crippen LogP contribution in [0, 0.1) is 17.3 Å². The molecule has 0 bridgehead atoms. The number of hydrogen-bond donors (Lipinski definition) is 2. The third-order valence-corrected chi connectivity index (χ3v) is 8.37. The quantitative estimate of drug-likeness (QED) is 0.272. The first-order valence-corrected chi connectivity index (χ1v) is 12.5. The zero-order valence-corrected chi connectivity index (χ0v) is 20.6. The third-order valence-electron chi connectivity index (χ3n) is 8.37. The topological polar surface area (TPSA) is 94.1 Å². The van der Waals surface area contributed by atoms with Crippen LogP contribution in [0.2, 0.25) is 0 Å². The van der Waals surface area contributed by atoms with E-state index in [1.807, 2.05) is 0 Å². The number of rotatable bonds is 7. The number of carbonyl (C=O) groups excluding carboxylic acids is 2. The van der Waals surface area contributed by atoms with Crippen molar-refractivity contribution >= 4 is 11.9 Å². The second kappa shape index (κ2) is 9.98. The van der Waals surface area contributed by atoms with Gasteiger partial charge in [-0.3, -0.25) is 0 Å². The zero-order chi connectivity index (χ0) is 24.5. The lowest BCUT2D eigenvalue weighted by Gasteiger charge is -2.50. The number of ether oxygens (including phenoxy) is 3. The minimum atomic E-state index is -0.719. The van der Waals surface area contributed by atoms with Crippen LogP contribution in [0.5, 0.6) is 5.75 Å². The molecular weight excluding hydrogens is 434 g/mol. The van der Waals surface area contributed by atoms with E-state index in [0.29, 0.717) is 17.8 Å². The van der Waals surface area contributed by atoms with Crippen molar-refractivity contribution in [2.75, 3.05) is 20.3 Å². The van der Waals surface area contributed by atoms with Crippen LogP contribution >= 0.6 is 0 Å². The summed E-state index contributed by atoms with van der Waals surface area (Å²) in [5.41, 5.74) is 2.44. The Bertz CT molecular complexity index is 938. The first-order valence-electron chi connectivity index (χ1n) is 12.5. The molecule has 0 saturated heterocycles. The highest BCUT2D eigenvalue weighted by atomic mass is 16.6. The fourth-order valence-corrected chi connectivity index (χ4v) is 6.68. The summed E-state index contributed by atoms with van der Waals surface area (Å²) in [5.74, 6) is 0.816. The van der Waals surface area contributed by atoms with Crippen LogP contribution in [-0.4, -0.2) is 49.5 Å². The second-order valence-electron chi connectivity index (χ2n) is 9.98. The first-order chi connectivity index (χ1) is 16.3. The highest BCUT2D eigenvalue weighted by Gasteiger charge is 2.57. The van der Waals surface area contributed by atoms with Crippen LogP contribution in [0.3, 0.4) is 0 Å². The Labute approximate surface area is 201 Å². The van der Waals surface area contributed by atoms with E-state index < -0.39 is 18.0 Å². The zero-order valence-electron chi connectivity index (χ0n) is 20.6. The van der Waals surface area contributed by atoms with Crippen molar-refractivity contribution in [1.29, 1.82) is 0 Å². The van der Waals surface area contributed by atoms with Crippen molar-refractivity contribution < 1.29 is 28.9 Å². The molecule has 2 fully saturated rings. The van der Waals surface area contributed by atoms with Crippen LogP contribution in [0.1, 0.15) is 63.5 Å². The Morgan fingerprint density at radius 1 is 1.18 bits per heavy atom. The molecule has 0 amide bonds. The maximum absolute atomic E-state index is 12.3. The minimum absolute atomic E-state index is 0.165. The van der Waals surface area contributed by atoms with Gasteiger partial charge >= 0.3 is 11.9 Å². The highest BCUT2D eigenvalue weighted by Crippen LogP contribution is 2.61. The van der Waals surface area contributed by atoms with E-state index in [1.54, 1.807) is 21.0 Å². The predicted octanol–water partition coefficient (Wildman–Crippen LogP) is 3.49. The van der Waals surface area contributed by atoms with E-state index in [-0.39, 0.29) is 30.2 Å². The summed E-state index contributed by atoms with van der Waals surface area (Å²) in [4.78, 5) is 24.6. The van der Waals surface area contributed by atoms with Crippen LogP contribution in [0.4, 0.5) is 0 Å². The smallest absolute Gasteiger partial charge is 0.347 e. The van der Waals surface area contributed by atoms with Gasteiger partial charge in [0, 0.05) is 6.20 Å². The standard InChI is InChI=1S/C27H37NO6/c1-5-33-25(30)21(26(31)34-6-2)15-28-23-14-22-20-9-7-16-13-17(32-4)8-10-18(16)19(20)11-12-27(22,3)24(23)29/h8,10,13,15,19-20,22-24,28-29H,5-7,9,11-12,14H2,1-4H3/t19-,20-,22+,23+,24+,27+/m1/s1. The molecule has 3 aliphatic rings. The van der Waals surface area contributed by atoms with Gasteiger partial charge in [-0.1, -0.05) is 13.0 Å². The molecule has 3 aliphatic carbocycles. The summed E-state index contributed by atoms with van der Waals surface area (Å²) in [7, 11) is 1.70. The van der Waals surface area contributed by atoms with Gasteiger partial charge in [-0.25, -0.2) is 9.59 Å². The van der Waals surface area contributed by atoms with Gasteiger partial charge < -0.3 is 24.6 Å². The van der Waals surface area contributed by atoms with E-state index in [0.717, 1.165) is 37.9 Å². The molecule has 6 atom stereocenters. The molecule has 2 N–H and O–H groups in total. The molecule has 0 heterocycles. The monoisotopic (exact) mass is 471 g/mol. The molecule has 1 aromatic carbocycles. The number of fused-ring (bicyclic) bond motifs is 5. The number of hydrogen-bond acceptors (Lipinski definition) is 7. The Hall–Kier alpha value is -2.54. The lowest BCUT2D eigenvalue weighted by Crippen LogP contribution is -2.46. The van der Waals surface area contributed by atoms with Crippen LogP contribution in [0.25, 0.3) is 0 Å². The molecule has 0 radical (unpaired) electrons. The van der Waals surface area contributed by atoms with Gasteiger partial charge in [0.2, 0.25) is 0 Å². The maximum atomic E-state index is 12.3. The number of methoxy groups -OCH3 is 1. The van der Waals surface area contributed by atoms with Crippen molar-refractivity contribution in [3.8, 4) is 5.75 Å². The number of esters is 2. The molecule has 7 nitrogen and oxygen atoms in total. The number of aliphatic hydroxyl groups excluding tert-OH is 1. The van der Waals surface area contributed by atoms with Gasteiger partial charge in [-0.2, -0.15) is 0 Å². The van der Waals surface area contributed by atoms with Crippen molar-refractivity contribution in [2.45, 2.75) is 70.9 Å². The summed E-state index contributed by atoms with van der Waals surface area (Å²) in [6.45, 7) is 5.91. The Balaban J connectivity index is 1.54. The number of aliphatic hydroxyl groups is 1. The molecule has 1 aromatic rings. The van der Waals surface area contributed by atoms with Gasteiger partial charge in [-0.05, 0) is 92.4 Å². The van der Waals surface area contributed by atoms with Crippen molar-refractivity contribution in [2.24, 2.45) is 17.3 Å². The van der Waals surface area contributed by atoms with Crippen LogP contribution in [-0.2, 0) is 25.5 Å². The van der Waals surface area contributed by atoms with Crippen molar-refractivity contribution in [1.82, 2.24) is 5.32 Å². The van der Waals surface area contributed by atoms with Gasteiger partial charge in [0.15, 0.2) is 5.57 Å². The van der Waals surface area contributed by atoms with E-state index in [2.05, 4.69) is 30.4 Å². The molecule has 4 rings (SSSR count). The summed E-state index contributed by atoms with van der Waals surface area (Å²) in [5, 5.41) is 14.5. The van der Waals surface area contributed by atoms with E-state index >= 15 is 0 Å². The predicted molar refractivity (Wildman–Crippen MR) is 127 cm³/mol. The molecular formula is C27H37NO6. The lowest BCUT2D eigenvalue weighted by molar-refractivity contribution is -0.146. The molecule has 186 valence electrons. The Morgan fingerprint density at radius 3 is 2.53 bits per heavy atom. The summed E-state index contributed by atoms with van der Waals surface area (Å²) >= 11 is 0. The fraction of sp³-hybridized carbons (Fsp3) is 0.630. The van der Waals surface area contributed by atoms with E-state index in [9.17, 15) is 14.7 Å². The minimum Gasteiger partial charge on any atom is -0.497 e. The number of aryl methyl sites for hydroxylation is 1. The van der Waals surface area contributed by atoms with Crippen LogP contribution in [0.15, 0.2) is 30.0 Å². The fourth-order valence-electron chi connectivity index (χ4n) is 6.68. The SMILES string of the molecule is CCOC(=O)C(=CN[C@H]1C[C@H]2[C@@H]3CCc4cc(OC)ccc4[C@H]3CC[C@]2(C)[C@H]1O)C(=O)OCC. The van der Waals surface area contributed by atoms with E-state index in [1.165, 1.54) is 17.3 Å². The number of benzene rings is 1. The van der Waals surface area contributed by atoms with Gasteiger partial charge in [-0.15, -0.1) is 0 Å². The summed E-state index contributed by atoms with van der Waals surface area (Å²) in [6, 6.07) is 6.21. The number of nitrogens with one attached hydrogen (secondary N) is 1. The van der Waals surface area contributed by atoms with E-state index in [4.69, 9.17) is 14.2 Å². The molecule has 7 heteroatoms. The average molecular weight is 472 g/mol. The highest BCUT2D eigenvalue weighted by molar-refractivity contribution is 6.13. The van der Waals surface area contributed by atoms with Crippen LogP contribution < -0.4 is 10.1 Å². The molecule has 0 aliphatic heterocycles. The summed E-state index contributed by atoms with van der Waals surface area (Å²) in [6.07, 6.45) is 5.70. The summed E-state index contributed by atoms with van der Waals surface area (Å²) < 4.78 is 15.5. The Morgan fingerprint density at radius 2 is 1.88 bits per heavy atom. The van der Waals surface area contributed by atoms with Gasteiger partial charge in [0.25, 0.3) is 0 Å².